The fourth-order valence-corrected chi connectivity index (χ4v) is 4.08. The molecule has 0 atom stereocenters. The number of aryl methyl sites for hydroxylation is 1. The van der Waals surface area contributed by atoms with Gasteiger partial charge in [0, 0.05) is 19.8 Å². The number of rotatable bonds is 8. The topological polar surface area (TPSA) is 18.5 Å². The standard InChI is InChI=1S/C23H24F6O2/c1-30-13-15-5-2-14(3-6-15)4-7-16-10-20(26)22(21(27)11-16)23(28,29)31-17-8-9-18(24)19(25)12-17/h8-12,14-15H,2-7,13H2,1H3. The van der Waals surface area contributed by atoms with Crippen molar-refractivity contribution >= 4 is 0 Å². The molecule has 2 nitrogen and oxygen atoms in total. The van der Waals surface area contributed by atoms with Gasteiger partial charge in [-0.1, -0.05) is 12.8 Å². The summed E-state index contributed by atoms with van der Waals surface area (Å²) >= 11 is 0. The van der Waals surface area contributed by atoms with Gasteiger partial charge in [-0.3, -0.25) is 0 Å². The molecule has 1 saturated carbocycles. The molecule has 170 valence electrons. The summed E-state index contributed by atoms with van der Waals surface area (Å²) in [4.78, 5) is 0. The molecule has 0 heterocycles. The van der Waals surface area contributed by atoms with E-state index in [1.165, 1.54) is 0 Å². The van der Waals surface area contributed by atoms with Crippen LogP contribution in [0.15, 0.2) is 30.3 Å². The van der Waals surface area contributed by atoms with E-state index in [1.54, 1.807) is 7.11 Å². The summed E-state index contributed by atoms with van der Waals surface area (Å²) < 4.78 is 93.2. The third-order valence-corrected chi connectivity index (χ3v) is 5.74. The van der Waals surface area contributed by atoms with E-state index in [2.05, 4.69) is 4.74 Å². The average molecular weight is 446 g/mol. The van der Waals surface area contributed by atoms with Gasteiger partial charge in [0.15, 0.2) is 11.6 Å². The Morgan fingerprint density at radius 1 is 0.839 bits per heavy atom. The van der Waals surface area contributed by atoms with Gasteiger partial charge in [0.05, 0.1) is 0 Å². The van der Waals surface area contributed by atoms with Gasteiger partial charge in [-0.25, -0.2) is 17.6 Å². The smallest absolute Gasteiger partial charge is 0.429 e. The Morgan fingerprint density at radius 3 is 2.03 bits per heavy atom. The quantitative estimate of drug-likeness (QED) is 0.417. The second-order valence-electron chi connectivity index (χ2n) is 8.01. The molecular weight excluding hydrogens is 422 g/mol. The molecule has 0 unspecified atom stereocenters. The molecule has 2 aromatic rings. The van der Waals surface area contributed by atoms with Gasteiger partial charge in [0.25, 0.3) is 0 Å². The Bertz CT molecular complexity index is 871. The van der Waals surface area contributed by atoms with Gasteiger partial charge in [0.1, 0.15) is 22.9 Å². The van der Waals surface area contributed by atoms with Crippen LogP contribution in [-0.2, 0) is 17.3 Å². The van der Waals surface area contributed by atoms with Crippen molar-refractivity contribution in [3.63, 3.8) is 0 Å². The first-order valence-corrected chi connectivity index (χ1v) is 10.2. The van der Waals surface area contributed by atoms with E-state index in [9.17, 15) is 26.3 Å². The lowest BCUT2D eigenvalue weighted by molar-refractivity contribution is -0.189. The van der Waals surface area contributed by atoms with Crippen molar-refractivity contribution in [2.45, 2.75) is 44.6 Å². The number of alkyl halides is 2. The molecule has 1 fully saturated rings. The first-order chi connectivity index (χ1) is 14.7. The van der Waals surface area contributed by atoms with E-state index < -0.39 is 40.7 Å². The molecule has 2 aromatic carbocycles. The summed E-state index contributed by atoms with van der Waals surface area (Å²) in [5.74, 6) is -5.39. The number of methoxy groups -OCH3 is 1. The van der Waals surface area contributed by atoms with E-state index >= 15 is 0 Å². The number of hydrogen-bond acceptors (Lipinski definition) is 2. The van der Waals surface area contributed by atoms with Crippen molar-refractivity contribution in [2.24, 2.45) is 11.8 Å². The van der Waals surface area contributed by atoms with Gasteiger partial charge < -0.3 is 9.47 Å². The van der Waals surface area contributed by atoms with Crippen LogP contribution in [0.4, 0.5) is 26.3 Å². The molecule has 1 aliphatic rings. The van der Waals surface area contributed by atoms with Crippen molar-refractivity contribution in [3.8, 4) is 5.75 Å². The number of hydrogen-bond donors (Lipinski definition) is 0. The lowest BCUT2D eigenvalue weighted by atomic mass is 9.80. The molecule has 0 N–H and O–H groups in total. The maximum Gasteiger partial charge on any atom is 0.432 e. The Labute approximate surface area is 177 Å². The first-order valence-electron chi connectivity index (χ1n) is 10.2. The average Bonchev–Trinajstić information content (AvgIpc) is 2.69. The molecule has 31 heavy (non-hydrogen) atoms. The highest BCUT2D eigenvalue weighted by Crippen LogP contribution is 2.37. The number of benzene rings is 2. The second-order valence-corrected chi connectivity index (χ2v) is 8.01. The molecule has 0 amide bonds. The Kier molecular flexibility index (Phi) is 7.51. The highest BCUT2D eigenvalue weighted by Gasteiger charge is 2.41. The Balaban J connectivity index is 1.66. The van der Waals surface area contributed by atoms with E-state index in [0.29, 0.717) is 36.8 Å². The van der Waals surface area contributed by atoms with Crippen LogP contribution in [-0.4, -0.2) is 13.7 Å². The molecular formula is C23H24F6O2. The zero-order valence-electron chi connectivity index (χ0n) is 17.1. The van der Waals surface area contributed by atoms with Crippen molar-refractivity contribution < 1.29 is 35.8 Å². The molecule has 0 radical (unpaired) electrons. The molecule has 0 aromatic heterocycles. The third kappa shape index (κ3) is 5.93. The summed E-state index contributed by atoms with van der Waals surface area (Å²) in [6.45, 7) is 0.728. The first kappa shape index (κ1) is 23.4. The minimum atomic E-state index is -4.41. The molecule has 3 rings (SSSR count). The van der Waals surface area contributed by atoms with Gasteiger partial charge in [-0.2, -0.15) is 8.78 Å². The zero-order chi connectivity index (χ0) is 22.6. The Morgan fingerprint density at radius 2 is 1.45 bits per heavy atom. The number of halogens is 6. The summed E-state index contributed by atoms with van der Waals surface area (Å²) in [6, 6.07) is 3.46. The predicted octanol–water partition coefficient (Wildman–Crippen LogP) is 6.76. The lowest BCUT2D eigenvalue weighted by Crippen LogP contribution is -2.25. The van der Waals surface area contributed by atoms with Crippen LogP contribution in [0.2, 0.25) is 0 Å². The minimum Gasteiger partial charge on any atom is -0.429 e. The van der Waals surface area contributed by atoms with Gasteiger partial charge in [-0.15, -0.1) is 0 Å². The van der Waals surface area contributed by atoms with Crippen LogP contribution < -0.4 is 4.74 Å². The second kappa shape index (κ2) is 9.94. The van der Waals surface area contributed by atoms with Crippen molar-refractivity contribution in [1.82, 2.24) is 0 Å². The van der Waals surface area contributed by atoms with Crippen LogP contribution in [0, 0.1) is 35.1 Å². The maximum atomic E-state index is 14.4. The van der Waals surface area contributed by atoms with Crippen LogP contribution in [0.1, 0.15) is 43.2 Å². The zero-order valence-corrected chi connectivity index (χ0v) is 17.1. The third-order valence-electron chi connectivity index (χ3n) is 5.74. The van der Waals surface area contributed by atoms with Crippen LogP contribution in [0.3, 0.4) is 0 Å². The lowest BCUT2D eigenvalue weighted by Gasteiger charge is -2.28. The van der Waals surface area contributed by atoms with Crippen LogP contribution >= 0.6 is 0 Å². The number of ether oxygens (including phenoxy) is 2. The van der Waals surface area contributed by atoms with E-state index in [0.717, 1.165) is 50.5 Å². The summed E-state index contributed by atoms with van der Waals surface area (Å²) in [5, 5.41) is 0. The van der Waals surface area contributed by atoms with Crippen molar-refractivity contribution in [3.05, 3.63) is 64.7 Å². The summed E-state index contributed by atoms with van der Waals surface area (Å²) in [5.41, 5.74) is -1.29. The summed E-state index contributed by atoms with van der Waals surface area (Å²) in [6.07, 6.45) is 0.732. The Hall–Kier alpha value is -2.22. The molecule has 0 bridgehead atoms. The normalized spacial score (nSPS) is 19.5. The van der Waals surface area contributed by atoms with E-state index in [1.807, 2.05) is 0 Å². The van der Waals surface area contributed by atoms with Gasteiger partial charge >= 0.3 is 6.11 Å². The molecule has 0 saturated heterocycles. The van der Waals surface area contributed by atoms with Gasteiger partial charge in [-0.05, 0) is 67.3 Å². The maximum absolute atomic E-state index is 14.4. The minimum absolute atomic E-state index is 0.279. The van der Waals surface area contributed by atoms with Crippen molar-refractivity contribution in [2.75, 3.05) is 13.7 Å². The summed E-state index contributed by atoms with van der Waals surface area (Å²) in [7, 11) is 1.67. The highest BCUT2D eigenvalue weighted by molar-refractivity contribution is 5.31. The highest BCUT2D eigenvalue weighted by atomic mass is 19.3. The predicted molar refractivity (Wildman–Crippen MR) is 103 cm³/mol. The molecule has 8 heteroatoms. The van der Waals surface area contributed by atoms with Crippen molar-refractivity contribution in [1.29, 1.82) is 0 Å². The van der Waals surface area contributed by atoms with Crippen LogP contribution in [0.5, 0.6) is 5.75 Å². The molecule has 0 spiro atoms. The fourth-order valence-electron chi connectivity index (χ4n) is 4.08. The van der Waals surface area contributed by atoms with Gasteiger partial charge in [0.2, 0.25) is 0 Å². The SMILES string of the molecule is COCC1CCC(CCc2cc(F)c(C(F)(F)Oc3ccc(F)c(F)c3)c(F)c2)CC1. The molecule has 0 aliphatic heterocycles. The molecule has 1 aliphatic carbocycles. The monoisotopic (exact) mass is 446 g/mol. The largest absolute Gasteiger partial charge is 0.432 e. The fraction of sp³-hybridized carbons (Fsp3) is 0.478. The van der Waals surface area contributed by atoms with Crippen LogP contribution in [0.25, 0.3) is 0 Å². The van der Waals surface area contributed by atoms with E-state index in [-0.39, 0.29) is 5.56 Å². The van der Waals surface area contributed by atoms with E-state index in [4.69, 9.17) is 4.74 Å².